The van der Waals surface area contributed by atoms with Crippen LogP contribution in [-0.2, 0) is 9.73 Å². The van der Waals surface area contributed by atoms with E-state index in [1.807, 2.05) is 31.2 Å². The highest BCUT2D eigenvalue weighted by Gasteiger charge is 2.16. The molecule has 2 nitrogen and oxygen atoms in total. The van der Waals surface area contributed by atoms with Crippen LogP contribution in [0.5, 0.6) is 0 Å². The molecule has 0 aromatic heterocycles. The predicted octanol–water partition coefficient (Wildman–Crippen LogP) is 2.89. The lowest BCUT2D eigenvalue weighted by molar-refractivity contribution is 0.681. The average molecular weight is 209 g/mol. The number of hydrogen-bond donors (Lipinski definition) is 0. The molecule has 0 bridgehead atoms. The third-order valence-corrected chi connectivity index (χ3v) is 4.94. The number of rotatable bonds is 1. The van der Waals surface area contributed by atoms with Gasteiger partial charge in [0, 0.05) is 11.5 Å². The second-order valence-corrected chi connectivity index (χ2v) is 6.31. The summed E-state index contributed by atoms with van der Waals surface area (Å²) >= 11 is 0. The van der Waals surface area contributed by atoms with Crippen LogP contribution in [-0.4, -0.2) is 15.7 Å². The van der Waals surface area contributed by atoms with Crippen LogP contribution in [0.15, 0.2) is 28.6 Å². The zero-order valence-corrected chi connectivity index (χ0v) is 9.22. The smallest absolute Gasteiger partial charge is 0.0759 e. The van der Waals surface area contributed by atoms with Gasteiger partial charge in [-0.2, -0.15) is 4.36 Å². The van der Waals surface area contributed by atoms with Crippen molar-refractivity contribution >= 4 is 15.4 Å². The molecule has 1 heterocycles. The van der Waals surface area contributed by atoms with Crippen molar-refractivity contribution in [3.63, 3.8) is 0 Å². The zero-order valence-electron chi connectivity index (χ0n) is 8.40. The van der Waals surface area contributed by atoms with E-state index >= 15 is 0 Å². The van der Waals surface area contributed by atoms with Crippen molar-refractivity contribution in [3.05, 3.63) is 29.8 Å². The Hall–Kier alpha value is -0.830. The highest BCUT2D eigenvalue weighted by molar-refractivity contribution is 7.93. The van der Waals surface area contributed by atoms with Crippen LogP contribution in [0.3, 0.4) is 0 Å². The second kappa shape index (κ2) is 3.73. The third-order valence-electron chi connectivity index (χ3n) is 2.56. The highest BCUT2D eigenvalue weighted by Crippen LogP contribution is 2.23. The van der Waals surface area contributed by atoms with Gasteiger partial charge in [0.1, 0.15) is 0 Å². The van der Waals surface area contributed by atoms with Crippen molar-refractivity contribution in [1.82, 2.24) is 0 Å². The molecule has 1 fully saturated rings. The van der Waals surface area contributed by atoms with Gasteiger partial charge in [-0.15, -0.1) is 0 Å². The summed E-state index contributed by atoms with van der Waals surface area (Å²) in [6.45, 7) is 2.01. The van der Waals surface area contributed by atoms with Gasteiger partial charge in [-0.25, -0.2) is 4.21 Å². The topological polar surface area (TPSA) is 29.4 Å². The molecule has 0 atom stereocenters. The van der Waals surface area contributed by atoms with Crippen molar-refractivity contribution in [2.45, 2.75) is 19.8 Å². The van der Waals surface area contributed by atoms with Crippen LogP contribution < -0.4 is 0 Å². The first-order valence-electron chi connectivity index (χ1n) is 4.98. The van der Waals surface area contributed by atoms with Gasteiger partial charge in [0.2, 0.25) is 0 Å². The van der Waals surface area contributed by atoms with Gasteiger partial charge < -0.3 is 0 Å². The molecule has 0 unspecified atom stereocenters. The van der Waals surface area contributed by atoms with E-state index in [1.165, 1.54) is 0 Å². The number of nitrogens with zero attached hydrogens (tertiary/aromatic N) is 1. The molecule has 14 heavy (non-hydrogen) atoms. The summed E-state index contributed by atoms with van der Waals surface area (Å²) in [5.41, 5.74) is 2.02. The molecule has 2 rings (SSSR count). The predicted molar refractivity (Wildman–Crippen MR) is 60.4 cm³/mol. The molecule has 1 aliphatic heterocycles. The van der Waals surface area contributed by atoms with Gasteiger partial charge >= 0.3 is 0 Å². The van der Waals surface area contributed by atoms with E-state index in [-0.39, 0.29) is 0 Å². The first-order chi connectivity index (χ1) is 6.70. The van der Waals surface area contributed by atoms with Crippen molar-refractivity contribution in [2.24, 2.45) is 4.36 Å². The number of benzene rings is 1. The van der Waals surface area contributed by atoms with Crippen LogP contribution in [0.25, 0.3) is 0 Å². The lowest BCUT2D eigenvalue weighted by Crippen LogP contribution is -1.99. The molecular weight excluding hydrogens is 194 g/mol. The molecule has 1 aliphatic rings. The summed E-state index contributed by atoms with van der Waals surface area (Å²) in [6.07, 6.45) is 2.13. The van der Waals surface area contributed by atoms with Gasteiger partial charge in [-0.1, -0.05) is 18.2 Å². The number of hydrogen-bond acceptors (Lipinski definition) is 2. The van der Waals surface area contributed by atoms with E-state index in [4.69, 9.17) is 0 Å². The fourth-order valence-corrected chi connectivity index (χ4v) is 3.95. The Kier molecular flexibility index (Phi) is 2.59. The zero-order chi connectivity index (χ0) is 10.0. The van der Waals surface area contributed by atoms with Crippen molar-refractivity contribution in [2.75, 3.05) is 11.5 Å². The fourth-order valence-electron chi connectivity index (χ4n) is 1.69. The van der Waals surface area contributed by atoms with Gasteiger partial charge in [0.25, 0.3) is 0 Å². The van der Waals surface area contributed by atoms with Crippen molar-refractivity contribution < 1.29 is 4.21 Å². The molecule has 0 saturated carbocycles. The second-order valence-electron chi connectivity index (χ2n) is 3.77. The maximum atomic E-state index is 12.1. The Balaban J connectivity index is 2.43. The third kappa shape index (κ3) is 1.98. The molecule has 76 valence electrons. The Labute approximate surface area is 85.5 Å². The molecule has 1 aromatic rings. The van der Waals surface area contributed by atoms with Crippen LogP contribution in [0.1, 0.15) is 18.4 Å². The summed E-state index contributed by atoms with van der Waals surface area (Å²) in [6, 6.07) is 7.89. The van der Waals surface area contributed by atoms with Crippen LogP contribution in [0.4, 0.5) is 5.69 Å². The maximum absolute atomic E-state index is 12.1. The summed E-state index contributed by atoms with van der Waals surface area (Å²) in [5.74, 6) is 1.56. The van der Waals surface area contributed by atoms with E-state index in [0.717, 1.165) is 35.6 Å². The molecule has 1 aromatic carbocycles. The van der Waals surface area contributed by atoms with Crippen molar-refractivity contribution in [1.29, 1.82) is 0 Å². The van der Waals surface area contributed by atoms with E-state index in [2.05, 4.69) is 4.36 Å². The lowest BCUT2D eigenvalue weighted by Gasteiger charge is -2.02. The minimum atomic E-state index is -1.90. The van der Waals surface area contributed by atoms with Crippen LogP contribution in [0.2, 0.25) is 0 Å². The molecule has 0 amide bonds. The lowest BCUT2D eigenvalue weighted by atomic mass is 10.2. The minimum Gasteiger partial charge on any atom is -0.249 e. The monoisotopic (exact) mass is 209 g/mol. The SMILES string of the molecule is Cc1ccccc1N=S1(=O)CCCC1. The van der Waals surface area contributed by atoms with E-state index in [1.54, 1.807) is 0 Å². The standard InChI is InChI=1S/C11H15NOS/c1-10-6-2-3-7-11(10)12-14(13)8-4-5-9-14/h2-3,6-7H,4-5,8-9H2,1H3. The molecular formula is C11H15NOS. The number of aryl methyl sites for hydroxylation is 1. The van der Waals surface area contributed by atoms with Crippen molar-refractivity contribution in [3.8, 4) is 0 Å². The van der Waals surface area contributed by atoms with Crippen LogP contribution >= 0.6 is 0 Å². The Bertz CT molecular complexity index is 432. The first-order valence-corrected chi connectivity index (χ1v) is 6.83. The average Bonchev–Trinajstić information content (AvgIpc) is 2.57. The Morgan fingerprint density at radius 1 is 1.21 bits per heavy atom. The summed E-state index contributed by atoms with van der Waals surface area (Å²) in [7, 11) is -1.90. The summed E-state index contributed by atoms with van der Waals surface area (Å²) in [5, 5.41) is 0. The molecule has 3 heteroatoms. The quantitative estimate of drug-likeness (QED) is 0.699. The molecule has 0 aliphatic carbocycles. The molecule has 0 N–H and O–H groups in total. The van der Waals surface area contributed by atoms with Gasteiger partial charge in [0.05, 0.1) is 15.4 Å². The fraction of sp³-hybridized carbons (Fsp3) is 0.455. The Morgan fingerprint density at radius 3 is 2.50 bits per heavy atom. The van der Waals surface area contributed by atoms with Gasteiger partial charge in [-0.3, -0.25) is 0 Å². The van der Waals surface area contributed by atoms with E-state index in [9.17, 15) is 4.21 Å². The van der Waals surface area contributed by atoms with E-state index < -0.39 is 9.73 Å². The molecule has 0 radical (unpaired) electrons. The van der Waals surface area contributed by atoms with Crippen LogP contribution in [0, 0.1) is 6.92 Å². The minimum absolute atomic E-state index is 0.779. The molecule has 0 spiro atoms. The largest absolute Gasteiger partial charge is 0.249 e. The summed E-state index contributed by atoms with van der Waals surface area (Å²) < 4.78 is 16.6. The van der Waals surface area contributed by atoms with Gasteiger partial charge in [0.15, 0.2) is 0 Å². The summed E-state index contributed by atoms with van der Waals surface area (Å²) in [4.78, 5) is 0. The highest BCUT2D eigenvalue weighted by atomic mass is 32.2. The van der Waals surface area contributed by atoms with Gasteiger partial charge in [-0.05, 0) is 31.4 Å². The molecule has 1 saturated heterocycles. The maximum Gasteiger partial charge on any atom is 0.0759 e. The Morgan fingerprint density at radius 2 is 1.86 bits per heavy atom. The first kappa shape index (κ1) is 9.71. The van der Waals surface area contributed by atoms with E-state index in [0.29, 0.717) is 0 Å². The normalized spacial score (nSPS) is 19.5.